The zero-order valence-corrected chi connectivity index (χ0v) is 85.3. The van der Waals surface area contributed by atoms with Crippen molar-refractivity contribution in [3.63, 3.8) is 0 Å². The number of aryl methyl sites for hydroxylation is 4. The summed E-state index contributed by atoms with van der Waals surface area (Å²) in [5.41, 5.74) is 14.1. The standard InChI is InChI=1S/C29H36F2N8.C28H32F2N8.C25H25F2N7.C25H27F2N7.ClH/c1-6-21(7-2)39-18(3)33-28-22(30)14-20(15-25(28)39)27-23(31)16-32-29(36-27)35-26-9-8-19-17-38(13-12-37(4)5)11-10-24(19)34-26;1-16(36(3)4)14-37-10-9-23-18(15-37)5-8-25(33-23)34-28-31-13-22(30)26(35-28)19-11-21(29)27-24(12-19)38(17(2)32-27)20-6-7-20;1-13(15-3-4-15)34-14(2)30-24-18(26)9-17(10-21(24)34)23-19(27)12-29-25(33-23)32-22-6-5-16-11-28-8-7-20(16)31-22;1-4-17(5-2)34-14(3)30-24-18(26)10-16(11-21(24)34)23-19(27)13-29-25(33-23)32-22-7-6-15-12-28-9-8-20(15)31-22;/h8-9,14-16,21H,6-7,10-13,17H2,1-5H3,(H,32,34,35,36);5,8,11-13,16,20H,6-7,9-10,14-15H2,1-4H3,(H,31,33,34,35);5-6,9-10,12-13,15,28H,3-4,7-8,11H2,1-2H3,(H,29,31,32,33);6-7,10-11,13,17,28H,4-5,8-9,12H2,1-3H3,(H,29,31,32,33);1H/t;16-;;;/m.0.../s1. The second-order valence-electron chi connectivity index (χ2n) is 38.9. The van der Waals surface area contributed by atoms with E-state index in [1.807, 2.05) is 77.8 Å². The molecule has 0 spiro atoms. The largest absolute Gasteiger partial charge is 0.325 e. The molecule has 12 aromatic heterocycles. The van der Waals surface area contributed by atoms with Gasteiger partial charge in [-0.2, -0.15) is 0 Å². The summed E-state index contributed by atoms with van der Waals surface area (Å²) < 4.78 is 128. The van der Waals surface area contributed by atoms with Crippen molar-refractivity contribution in [2.75, 3.05) is 95.3 Å². The maximum absolute atomic E-state index is 15.2. The van der Waals surface area contributed by atoms with Crippen LogP contribution in [0.25, 0.3) is 89.2 Å². The van der Waals surface area contributed by atoms with Crippen molar-refractivity contribution >= 4 is 104 Å². The lowest BCUT2D eigenvalue weighted by atomic mass is 10.0. The zero-order chi connectivity index (χ0) is 101. The average molecular weight is 2010 g/mol. The Balaban J connectivity index is 0.000000128. The van der Waals surface area contributed by atoms with Gasteiger partial charge in [0.15, 0.2) is 46.5 Å². The molecule has 0 amide bonds. The quantitative estimate of drug-likeness (QED) is 0.0261. The molecular formula is C107H121ClF8N30. The maximum atomic E-state index is 15.2. The summed E-state index contributed by atoms with van der Waals surface area (Å²) in [5, 5.41) is 19.0. The lowest BCUT2D eigenvalue weighted by Crippen LogP contribution is -2.41. The van der Waals surface area contributed by atoms with E-state index in [4.69, 9.17) is 9.97 Å². The number of nitrogens with zero attached hydrogens (tertiary/aromatic N) is 24. The van der Waals surface area contributed by atoms with E-state index in [0.29, 0.717) is 96.6 Å². The number of halogens is 9. The van der Waals surface area contributed by atoms with E-state index in [2.05, 4.69) is 208 Å². The van der Waals surface area contributed by atoms with E-state index in [-0.39, 0.29) is 88.1 Å². The van der Waals surface area contributed by atoms with Crippen molar-refractivity contribution < 1.29 is 35.1 Å². The van der Waals surface area contributed by atoms with Gasteiger partial charge >= 0.3 is 0 Å². The van der Waals surface area contributed by atoms with Gasteiger partial charge in [0.2, 0.25) is 23.8 Å². The molecule has 762 valence electrons. The van der Waals surface area contributed by atoms with Crippen LogP contribution in [0.5, 0.6) is 0 Å². The predicted molar refractivity (Wildman–Crippen MR) is 554 cm³/mol. The monoisotopic (exact) mass is 2010 g/mol. The summed E-state index contributed by atoms with van der Waals surface area (Å²) in [5.74, 6) is 2.26. The minimum absolute atomic E-state index is 0. The summed E-state index contributed by atoms with van der Waals surface area (Å²) in [4.78, 5) is 79.9. The van der Waals surface area contributed by atoms with Crippen LogP contribution in [-0.4, -0.2) is 198 Å². The summed E-state index contributed by atoms with van der Waals surface area (Å²) in [6.45, 7) is 30.2. The molecule has 2 aliphatic carbocycles. The first-order chi connectivity index (χ1) is 70.0. The van der Waals surface area contributed by atoms with Crippen LogP contribution in [0, 0.1) is 80.2 Å². The second-order valence-corrected chi connectivity index (χ2v) is 38.9. The molecule has 1 unspecified atom stereocenters. The van der Waals surface area contributed by atoms with E-state index < -0.39 is 46.5 Å². The number of rotatable bonds is 27. The van der Waals surface area contributed by atoms with Gasteiger partial charge in [0.05, 0.1) is 46.9 Å². The summed E-state index contributed by atoms with van der Waals surface area (Å²) in [6, 6.07) is 29.2. The molecule has 4 aliphatic heterocycles. The Labute approximate surface area is 847 Å². The predicted octanol–water partition coefficient (Wildman–Crippen LogP) is 20.8. The van der Waals surface area contributed by atoms with Gasteiger partial charge in [0.25, 0.3) is 0 Å². The first-order valence-corrected chi connectivity index (χ1v) is 50.0. The molecule has 6 N–H and O–H groups in total. The number of hydrogen-bond acceptors (Lipinski definition) is 26. The highest BCUT2D eigenvalue weighted by atomic mass is 35.5. The SMILES string of the molecule is CCC(CC)n1c(C)nc2c(F)cc(-c3nc(Nc4ccc5c(n4)CCN(CCN(C)C)C5)ncc3F)cc21.CCC(CC)n1c(C)nc2c(F)cc(-c3nc(Nc4ccc5c(n4)CCNC5)ncc3F)cc21.Cc1nc2c(F)cc(-c3nc(Nc4ccc5c(n4)CCN(C[C@H](C)N(C)C)C5)ncc3F)cc2n1C1CC1.Cc1nc2c(F)cc(-c3nc(Nc4ccc5c(n4)CCNC5)ncc3F)cc2n1C(C)C1CC1.Cl. The average Bonchev–Trinajstić information content (AvgIpc) is 1.60. The van der Waals surface area contributed by atoms with Crippen LogP contribution in [-0.2, 0) is 51.9 Å². The molecule has 0 bridgehead atoms. The third kappa shape index (κ3) is 22.2. The molecule has 16 aromatic rings. The van der Waals surface area contributed by atoms with Gasteiger partial charge in [-0.25, -0.2) is 115 Å². The molecule has 146 heavy (non-hydrogen) atoms. The molecule has 2 fully saturated rings. The molecule has 0 saturated heterocycles. The zero-order valence-electron chi connectivity index (χ0n) is 84.4. The van der Waals surface area contributed by atoms with E-state index >= 15 is 17.6 Å². The van der Waals surface area contributed by atoms with Gasteiger partial charge in [-0.05, 0) is 222 Å². The fourth-order valence-corrected chi connectivity index (χ4v) is 20.1. The van der Waals surface area contributed by atoms with Gasteiger partial charge in [-0.1, -0.05) is 52.0 Å². The van der Waals surface area contributed by atoms with Crippen LogP contribution < -0.4 is 31.9 Å². The topological polar surface area (TPSA) is 311 Å². The van der Waals surface area contributed by atoms with E-state index in [0.717, 1.165) is 231 Å². The lowest BCUT2D eigenvalue weighted by Gasteiger charge is -2.32. The Morgan fingerprint density at radius 2 is 0.719 bits per heavy atom. The Kier molecular flexibility index (Phi) is 30.8. The van der Waals surface area contributed by atoms with Crippen molar-refractivity contribution in [1.29, 1.82) is 0 Å². The molecule has 2 atom stereocenters. The molecule has 16 heterocycles. The van der Waals surface area contributed by atoms with Crippen molar-refractivity contribution in [1.82, 2.24) is 128 Å². The molecular weight excluding hydrogens is 1890 g/mol. The molecule has 22 rings (SSSR count). The normalized spacial score (nSPS) is 15.1. The van der Waals surface area contributed by atoms with Crippen LogP contribution in [0.15, 0.2) is 122 Å². The highest BCUT2D eigenvalue weighted by molar-refractivity contribution is 5.87. The Bertz CT molecular complexity index is 7320. The van der Waals surface area contributed by atoms with E-state index in [1.165, 1.54) is 35.4 Å². The molecule has 39 heteroatoms. The first-order valence-electron chi connectivity index (χ1n) is 50.0. The van der Waals surface area contributed by atoms with Crippen LogP contribution in [0.1, 0.15) is 185 Å². The van der Waals surface area contributed by atoms with Gasteiger partial charge in [-0.15, -0.1) is 12.4 Å². The Morgan fingerprint density at radius 3 is 1.08 bits per heavy atom. The van der Waals surface area contributed by atoms with E-state index in [1.54, 1.807) is 24.3 Å². The number of anilines is 8. The number of likely N-dealkylation sites (N-methyl/N-ethyl adjacent to an activating group) is 2. The number of imidazole rings is 4. The van der Waals surface area contributed by atoms with Crippen molar-refractivity contribution in [2.45, 2.75) is 203 Å². The summed E-state index contributed by atoms with van der Waals surface area (Å²) in [6.07, 6.45) is 15.7. The number of aromatic nitrogens is 20. The minimum Gasteiger partial charge on any atom is -0.325 e. The van der Waals surface area contributed by atoms with Gasteiger partial charge < -0.3 is 60.0 Å². The van der Waals surface area contributed by atoms with Crippen LogP contribution >= 0.6 is 12.4 Å². The van der Waals surface area contributed by atoms with Gasteiger partial charge in [0, 0.05) is 173 Å². The highest BCUT2D eigenvalue weighted by Gasteiger charge is 2.35. The van der Waals surface area contributed by atoms with Gasteiger partial charge in [0.1, 0.15) is 91.4 Å². The van der Waals surface area contributed by atoms with E-state index in [9.17, 15) is 17.6 Å². The molecule has 30 nitrogen and oxygen atoms in total. The smallest absolute Gasteiger partial charge is 0.229 e. The second kappa shape index (κ2) is 44.0. The van der Waals surface area contributed by atoms with Crippen molar-refractivity contribution in [3.8, 4) is 45.0 Å². The number of nitrogens with one attached hydrogen (secondary N) is 6. The third-order valence-electron chi connectivity index (χ3n) is 28.3. The maximum Gasteiger partial charge on any atom is 0.229 e. The summed E-state index contributed by atoms with van der Waals surface area (Å²) >= 11 is 0. The highest BCUT2D eigenvalue weighted by Crippen LogP contribution is 2.45. The summed E-state index contributed by atoms with van der Waals surface area (Å²) in [7, 11) is 8.37. The van der Waals surface area contributed by atoms with Crippen LogP contribution in [0.4, 0.5) is 82.2 Å². The van der Waals surface area contributed by atoms with Crippen LogP contribution in [0.2, 0.25) is 0 Å². The molecule has 0 radical (unpaired) electrons. The lowest BCUT2D eigenvalue weighted by molar-refractivity contribution is 0.180. The third-order valence-corrected chi connectivity index (χ3v) is 28.3. The minimum atomic E-state index is -0.626. The van der Waals surface area contributed by atoms with Crippen LogP contribution in [0.3, 0.4) is 0 Å². The number of fused-ring (bicyclic) bond motifs is 8. The number of benzene rings is 4. The number of hydrogen-bond donors (Lipinski definition) is 6. The van der Waals surface area contributed by atoms with Crippen molar-refractivity contribution in [3.05, 3.63) is 237 Å². The first kappa shape index (κ1) is 102. The fraction of sp³-hybridized carbons (Fsp3) is 0.402. The molecule has 6 aliphatic rings. The fourth-order valence-electron chi connectivity index (χ4n) is 20.1. The Morgan fingerprint density at radius 1 is 0.384 bits per heavy atom. The Hall–Kier alpha value is -13.6. The number of pyridine rings is 4. The van der Waals surface area contributed by atoms with Gasteiger partial charge in [-0.3, -0.25) is 9.80 Å². The molecule has 4 aromatic carbocycles. The van der Waals surface area contributed by atoms with Crippen molar-refractivity contribution in [2.24, 2.45) is 5.92 Å². The molecule has 2 saturated carbocycles.